The maximum Gasteiger partial charge on any atom is 0.254 e. The van der Waals surface area contributed by atoms with Gasteiger partial charge >= 0.3 is 0 Å². The molecule has 3 rings (SSSR count). The average Bonchev–Trinajstić information content (AvgIpc) is 2.88. The fourth-order valence-electron chi connectivity index (χ4n) is 3.32. The van der Waals surface area contributed by atoms with Crippen molar-refractivity contribution in [2.75, 3.05) is 31.9 Å². The van der Waals surface area contributed by atoms with Crippen LogP contribution < -0.4 is 5.73 Å². The maximum atomic E-state index is 12.9. The lowest BCUT2D eigenvalue weighted by Crippen LogP contribution is -2.37. The summed E-state index contributed by atoms with van der Waals surface area (Å²) in [5.74, 6) is 0.0165. The van der Waals surface area contributed by atoms with Gasteiger partial charge in [0.1, 0.15) is 0 Å². The number of benzene rings is 2. The molecule has 1 heterocycles. The van der Waals surface area contributed by atoms with Crippen LogP contribution in [0, 0.1) is 13.8 Å². The van der Waals surface area contributed by atoms with Crippen molar-refractivity contribution in [3.05, 3.63) is 64.7 Å². The first kappa shape index (κ1) is 18.0. The molecule has 1 aliphatic heterocycles. The Kier molecular flexibility index (Phi) is 5.26. The number of nitrogen functional groups attached to an aromatic ring is 1. The van der Waals surface area contributed by atoms with Crippen molar-refractivity contribution >= 4 is 17.5 Å². The second kappa shape index (κ2) is 7.60. The van der Waals surface area contributed by atoms with Crippen LogP contribution in [0.25, 0.3) is 0 Å². The third-order valence-electron chi connectivity index (χ3n) is 4.83. The van der Waals surface area contributed by atoms with E-state index in [0.717, 1.165) is 17.5 Å². The molecule has 2 aromatic rings. The van der Waals surface area contributed by atoms with E-state index in [2.05, 4.69) is 0 Å². The number of hydrogen-bond donors (Lipinski definition) is 1. The first-order chi connectivity index (χ1) is 12.5. The highest BCUT2D eigenvalue weighted by Crippen LogP contribution is 2.17. The lowest BCUT2D eigenvalue weighted by atomic mass is 10.1. The smallest absolute Gasteiger partial charge is 0.254 e. The summed E-state index contributed by atoms with van der Waals surface area (Å²) in [5.41, 5.74) is 9.76. The lowest BCUT2D eigenvalue weighted by molar-refractivity contribution is 0.0718. The summed E-state index contributed by atoms with van der Waals surface area (Å²) in [6.07, 6.45) is 0.769. The number of nitrogens with zero attached hydrogens (tertiary/aromatic N) is 2. The van der Waals surface area contributed by atoms with Gasteiger partial charge in [0.05, 0.1) is 0 Å². The monoisotopic (exact) mass is 351 g/mol. The molecule has 1 saturated heterocycles. The summed E-state index contributed by atoms with van der Waals surface area (Å²) in [6.45, 7) is 6.27. The Morgan fingerprint density at radius 3 is 2.27 bits per heavy atom. The SMILES string of the molecule is Cc1cccc(C(=O)N2CCCN(C(=O)c3cc(N)ccc3C)CC2)c1. The summed E-state index contributed by atoms with van der Waals surface area (Å²) >= 11 is 0. The molecular weight excluding hydrogens is 326 g/mol. The molecule has 0 atom stereocenters. The van der Waals surface area contributed by atoms with Crippen LogP contribution in [0.15, 0.2) is 42.5 Å². The largest absolute Gasteiger partial charge is 0.399 e. The van der Waals surface area contributed by atoms with Crippen LogP contribution in [0.1, 0.15) is 38.3 Å². The first-order valence-electron chi connectivity index (χ1n) is 8.97. The van der Waals surface area contributed by atoms with Gasteiger partial charge in [0, 0.05) is 43.0 Å². The maximum absolute atomic E-state index is 12.9. The molecule has 0 spiro atoms. The Hall–Kier alpha value is -2.82. The minimum absolute atomic E-state index is 0.0142. The molecule has 0 aliphatic carbocycles. The van der Waals surface area contributed by atoms with Gasteiger partial charge in [0.2, 0.25) is 0 Å². The second-order valence-corrected chi connectivity index (χ2v) is 6.88. The molecule has 1 aliphatic rings. The molecule has 26 heavy (non-hydrogen) atoms. The van der Waals surface area contributed by atoms with Crippen LogP contribution in [-0.2, 0) is 0 Å². The van der Waals surface area contributed by atoms with Gasteiger partial charge in [-0.25, -0.2) is 0 Å². The van der Waals surface area contributed by atoms with Crippen molar-refractivity contribution in [1.29, 1.82) is 0 Å². The van der Waals surface area contributed by atoms with Crippen LogP contribution >= 0.6 is 0 Å². The number of amides is 2. The zero-order valence-corrected chi connectivity index (χ0v) is 15.4. The van der Waals surface area contributed by atoms with E-state index in [9.17, 15) is 9.59 Å². The van der Waals surface area contributed by atoms with E-state index in [4.69, 9.17) is 5.73 Å². The summed E-state index contributed by atoms with van der Waals surface area (Å²) in [4.78, 5) is 29.3. The predicted molar refractivity (Wildman–Crippen MR) is 103 cm³/mol. The standard InChI is InChI=1S/C21H25N3O2/c1-15-5-3-6-17(13-15)20(25)23-9-4-10-24(12-11-23)21(26)19-14-18(22)8-7-16(19)2/h3,5-8,13-14H,4,9-12,22H2,1-2H3. The Labute approximate surface area is 154 Å². The molecule has 136 valence electrons. The van der Waals surface area contributed by atoms with Crippen molar-refractivity contribution in [2.24, 2.45) is 0 Å². The van der Waals surface area contributed by atoms with Gasteiger partial charge < -0.3 is 15.5 Å². The lowest BCUT2D eigenvalue weighted by Gasteiger charge is -2.23. The van der Waals surface area contributed by atoms with Crippen LogP contribution in [0.5, 0.6) is 0 Å². The number of carbonyl (C=O) groups is 2. The fraction of sp³-hybridized carbons (Fsp3) is 0.333. The molecule has 5 heteroatoms. The Morgan fingerprint density at radius 2 is 1.58 bits per heavy atom. The van der Waals surface area contributed by atoms with E-state index in [-0.39, 0.29) is 11.8 Å². The van der Waals surface area contributed by atoms with E-state index in [1.807, 2.05) is 54.0 Å². The molecule has 2 aromatic carbocycles. The van der Waals surface area contributed by atoms with E-state index in [1.54, 1.807) is 12.1 Å². The molecular formula is C21H25N3O2. The highest BCUT2D eigenvalue weighted by molar-refractivity contribution is 5.97. The quantitative estimate of drug-likeness (QED) is 0.846. The van der Waals surface area contributed by atoms with E-state index < -0.39 is 0 Å². The molecule has 1 fully saturated rings. The van der Waals surface area contributed by atoms with Crippen molar-refractivity contribution in [2.45, 2.75) is 20.3 Å². The van der Waals surface area contributed by atoms with Gasteiger partial charge in [-0.15, -0.1) is 0 Å². The van der Waals surface area contributed by atoms with Gasteiger partial charge in [0.25, 0.3) is 11.8 Å². The molecule has 0 saturated carbocycles. The van der Waals surface area contributed by atoms with E-state index in [1.165, 1.54) is 0 Å². The van der Waals surface area contributed by atoms with Gasteiger partial charge in [-0.1, -0.05) is 23.8 Å². The predicted octanol–water partition coefficient (Wildman–Crippen LogP) is 2.87. The zero-order valence-electron chi connectivity index (χ0n) is 15.4. The fourth-order valence-corrected chi connectivity index (χ4v) is 3.32. The van der Waals surface area contributed by atoms with Crippen LogP contribution in [0.3, 0.4) is 0 Å². The molecule has 0 unspecified atom stereocenters. The van der Waals surface area contributed by atoms with Gasteiger partial charge in [-0.05, 0) is 50.1 Å². The number of aryl methyl sites for hydroxylation is 2. The molecule has 2 N–H and O–H groups in total. The molecule has 5 nitrogen and oxygen atoms in total. The van der Waals surface area contributed by atoms with Crippen LogP contribution in [0.4, 0.5) is 5.69 Å². The number of nitrogens with two attached hydrogens (primary N) is 1. The minimum Gasteiger partial charge on any atom is -0.399 e. The summed E-state index contributed by atoms with van der Waals surface area (Å²) in [5, 5.41) is 0. The van der Waals surface area contributed by atoms with E-state index >= 15 is 0 Å². The minimum atomic E-state index is -0.0142. The third-order valence-corrected chi connectivity index (χ3v) is 4.83. The highest BCUT2D eigenvalue weighted by atomic mass is 16.2. The first-order valence-corrected chi connectivity index (χ1v) is 8.97. The van der Waals surface area contributed by atoms with Crippen molar-refractivity contribution in [3.8, 4) is 0 Å². The van der Waals surface area contributed by atoms with Crippen LogP contribution in [0.2, 0.25) is 0 Å². The Bertz CT molecular complexity index is 832. The second-order valence-electron chi connectivity index (χ2n) is 6.88. The van der Waals surface area contributed by atoms with Crippen molar-refractivity contribution < 1.29 is 9.59 Å². The third kappa shape index (κ3) is 3.87. The van der Waals surface area contributed by atoms with Crippen molar-refractivity contribution in [1.82, 2.24) is 9.80 Å². The number of rotatable bonds is 2. The summed E-state index contributed by atoms with van der Waals surface area (Å²) in [7, 11) is 0. The number of anilines is 1. The molecule has 0 aromatic heterocycles. The summed E-state index contributed by atoms with van der Waals surface area (Å²) in [6, 6.07) is 13.0. The van der Waals surface area contributed by atoms with Crippen LogP contribution in [-0.4, -0.2) is 47.8 Å². The zero-order chi connectivity index (χ0) is 18.7. The molecule has 2 amide bonds. The normalized spacial score (nSPS) is 14.8. The number of hydrogen-bond acceptors (Lipinski definition) is 3. The van der Waals surface area contributed by atoms with Gasteiger partial charge in [-0.2, -0.15) is 0 Å². The van der Waals surface area contributed by atoms with E-state index in [0.29, 0.717) is 43.0 Å². The van der Waals surface area contributed by atoms with Gasteiger partial charge in [-0.3, -0.25) is 9.59 Å². The average molecular weight is 351 g/mol. The number of carbonyl (C=O) groups excluding carboxylic acids is 2. The Morgan fingerprint density at radius 1 is 0.885 bits per heavy atom. The van der Waals surface area contributed by atoms with Crippen molar-refractivity contribution in [3.63, 3.8) is 0 Å². The summed E-state index contributed by atoms with van der Waals surface area (Å²) < 4.78 is 0. The Balaban J connectivity index is 1.71. The molecule has 0 bridgehead atoms. The topological polar surface area (TPSA) is 66.6 Å². The highest BCUT2D eigenvalue weighted by Gasteiger charge is 2.24. The van der Waals surface area contributed by atoms with Gasteiger partial charge in [0.15, 0.2) is 0 Å². The molecule has 0 radical (unpaired) electrons.